The minimum atomic E-state index is -0.187. The van der Waals surface area contributed by atoms with E-state index in [-0.39, 0.29) is 126 Å². The second-order valence-electron chi connectivity index (χ2n) is 5.46. The van der Waals surface area contributed by atoms with Crippen LogP contribution in [0.25, 0.3) is 0 Å². The molecule has 0 fully saturated rings. The summed E-state index contributed by atoms with van der Waals surface area (Å²) in [5.41, 5.74) is 0. The monoisotopic (exact) mass is 860 g/mol. The molecule has 0 aromatic carbocycles. The number of rotatable bonds is 4. The fourth-order valence-electron chi connectivity index (χ4n) is 1.14. The third-order valence-corrected chi connectivity index (χ3v) is 1.63. The van der Waals surface area contributed by atoms with Crippen molar-refractivity contribution in [3.05, 3.63) is 47.3 Å². The molecule has 0 aliphatic carbocycles. The normalized spacial score (nSPS) is 10.7. The molecule has 0 aromatic rings. The molecular weight excluding hydrogens is 832 g/mol. The standard InChI is InChI=1S/4C5H8O2.2Th/c4*1-4(6)3-5(2)7;;/h4*3,6H,1-2H3;;/q;;;;2*+2/p-4/b4*4-3-;;. The Kier molecular flexibility index (Phi) is 41.2. The van der Waals surface area contributed by atoms with Crippen molar-refractivity contribution in [1.82, 2.24) is 0 Å². The molecule has 0 N–H and O–H groups in total. The Hall–Kier alpha value is -0.511. The summed E-state index contributed by atoms with van der Waals surface area (Å²) in [5.74, 6) is -1.50. The molecule has 0 rings (SSSR count). The Bertz CT molecular complexity index is 517. The fraction of sp³-hybridized carbons (Fsp3) is 0.400. The van der Waals surface area contributed by atoms with Gasteiger partial charge in [0.15, 0.2) is 23.1 Å². The predicted octanol–water partition coefficient (Wildman–Crippen LogP) is -0.642. The van der Waals surface area contributed by atoms with Crippen molar-refractivity contribution < 1.29 is 119 Å². The van der Waals surface area contributed by atoms with E-state index in [1.54, 1.807) is 0 Å². The third-order valence-electron chi connectivity index (χ3n) is 1.63. The zero-order valence-corrected chi connectivity index (χ0v) is 26.8. The van der Waals surface area contributed by atoms with Gasteiger partial charge in [-0.05, 0) is 52.0 Å². The van der Waals surface area contributed by atoms with Gasteiger partial charge in [-0.2, -0.15) is 0 Å². The number of allylic oxidation sites excluding steroid dienone is 8. The van der Waals surface area contributed by atoms with Crippen LogP contribution < -0.4 is 20.4 Å². The van der Waals surface area contributed by atoms with Crippen molar-refractivity contribution >= 4 is 23.1 Å². The van der Waals surface area contributed by atoms with Crippen LogP contribution >= 0.6 is 0 Å². The van der Waals surface area contributed by atoms with E-state index in [0.717, 1.165) is 24.3 Å². The van der Waals surface area contributed by atoms with Crippen molar-refractivity contribution in [2.24, 2.45) is 0 Å². The van der Waals surface area contributed by atoms with E-state index >= 15 is 0 Å². The zero-order valence-electron chi connectivity index (χ0n) is 18.6. The summed E-state index contributed by atoms with van der Waals surface area (Å²) in [6.45, 7) is 10.8. The van der Waals surface area contributed by atoms with Crippen LogP contribution in [-0.4, -0.2) is 23.1 Å². The van der Waals surface area contributed by atoms with E-state index in [4.69, 9.17) is 0 Å². The van der Waals surface area contributed by atoms with Gasteiger partial charge in [0.05, 0.1) is 0 Å². The minimum Gasteiger partial charge on any atom is -0.876 e. The Balaban J connectivity index is -0.0000000626. The SMILES string of the molecule is CC(=O)/C=C(/C)[O-].CC(=O)/C=C(/C)[O-].CC(=O)/C=C(/C)[O-].CC(=O)/C=C(/C)[O-].[Th+2].[Th+2]. The molecule has 0 heterocycles. The van der Waals surface area contributed by atoms with Crippen LogP contribution in [0.5, 0.6) is 0 Å². The summed E-state index contributed by atoms with van der Waals surface area (Å²) >= 11 is 0. The van der Waals surface area contributed by atoms with E-state index in [0.29, 0.717) is 0 Å². The molecule has 0 saturated heterocycles. The summed E-state index contributed by atoms with van der Waals surface area (Å²) in [5, 5.41) is 39.9. The number of ketones is 4. The molecule has 0 aliphatic heterocycles. The van der Waals surface area contributed by atoms with Gasteiger partial charge < -0.3 is 20.4 Å². The summed E-state index contributed by atoms with van der Waals surface area (Å²) < 4.78 is 0. The molecule has 10 heteroatoms. The number of carbonyl (C=O) groups excluding carboxylic acids is 4. The number of carbonyl (C=O) groups is 4. The van der Waals surface area contributed by atoms with Crippen LogP contribution in [-0.2, 0) is 19.2 Å². The van der Waals surface area contributed by atoms with E-state index in [1.807, 2.05) is 0 Å². The van der Waals surface area contributed by atoms with Crippen molar-refractivity contribution in [3.8, 4) is 0 Å². The zero-order chi connectivity index (χ0) is 23.4. The third kappa shape index (κ3) is 80.4. The van der Waals surface area contributed by atoms with Gasteiger partial charge in [-0.3, -0.25) is 19.2 Å². The van der Waals surface area contributed by atoms with Crippen LogP contribution in [0.1, 0.15) is 55.4 Å². The van der Waals surface area contributed by atoms with Crippen molar-refractivity contribution in [2.45, 2.75) is 55.4 Å². The smallest absolute Gasteiger partial charge is 0.876 e. The van der Waals surface area contributed by atoms with Crippen LogP contribution in [0.4, 0.5) is 0 Å². The number of hydrogen-bond acceptors (Lipinski definition) is 8. The molecular formula is C20H28O8Th2. The second-order valence-corrected chi connectivity index (χ2v) is 5.46. The first-order valence-corrected chi connectivity index (χ1v) is 7.94. The summed E-state index contributed by atoms with van der Waals surface area (Å²) in [7, 11) is 0. The largest absolute Gasteiger partial charge is 2.00 e. The van der Waals surface area contributed by atoms with Gasteiger partial charge in [0, 0.05) is 0 Å². The van der Waals surface area contributed by atoms with Crippen molar-refractivity contribution in [1.29, 1.82) is 0 Å². The molecule has 30 heavy (non-hydrogen) atoms. The summed E-state index contributed by atoms with van der Waals surface area (Å²) in [6.07, 6.45) is 4.22. The fourth-order valence-corrected chi connectivity index (χ4v) is 1.14. The molecule has 0 radical (unpaired) electrons. The maximum atomic E-state index is 9.98. The molecule has 0 unspecified atom stereocenters. The molecule has 8 nitrogen and oxygen atoms in total. The summed E-state index contributed by atoms with van der Waals surface area (Å²) in [4.78, 5) is 39.9. The van der Waals surface area contributed by atoms with Crippen LogP contribution in [0, 0.1) is 79.9 Å². The average molecular weight is 861 g/mol. The average Bonchev–Trinajstić information content (AvgIpc) is 2.32. The van der Waals surface area contributed by atoms with Crippen LogP contribution in [0.15, 0.2) is 47.3 Å². The molecule has 0 saturated carbocycles. The Labute approximate surface area is 242 Å². The second kappa shape index (κ2) is 28.5. The Morgan fingerprint density at radius 3 is 0.500 bits per heavy atom. The topological polar surface area (TPSA) is 161 Å². The molecule has 0 aliphatic rings. The molecule has 0 bridgehead atoms. The van der Waals surface area contributed by atoms with Gasteiger partial charge in [0.1, 0.15) is 0 Å². The predicted molar refractivity (Wildman–Crippen MR) is 97.8 cm³/mol. The summed E-state index contributed by atoms with van der Waals surface area (Å²) in [6, 6.07) is 0. The molecule has 0 atom stereocenters. The van der Waals surface area contributed by atoms with Gasteiger partial charge in [0.2, 0.25) is 0 Å². The first-order chi connectivity index (χ1) is 12.5. The van der Waals surface area contributed by atoms with Gasteiger partial charge in [-0.1, -0.05) is 27.7 Å². The Morgan fingerprint density at radius 1 is 0.400 bits per heavy atom. The van der Waals surface area contributed by atoms with Crippen LogP contribution in [0.2, 0.25) is 0 Å². The number of hydrogen-bond donors (Lipinski definition) is 0. The quantitative estimate of drug-likeness (QED) is 0.267. The van der Waals surface area contributed by atoms with Gasteiger partial charge in [0.25, 0.3) is 0 Å². The van der Waals surface area contributed by atoms with E-state index in [9.17, 15) is 39.6 Å². The van der Waals surface area contributed by atoms with E-state index < -0.39 is 0 Å². The Morgan fingerprint density at radius 2 is 0.500 bits per heavy atom. The van der Waals surface area contributed by atoms with Gasteiger partial charge in [-0.15, -0.1) is 23.0 Å². The van der Waals surface area contributed by atoms with E-state index in [1.165, 1.54) is 55.4 Å². The van der Waals surface area contributed by atoms with Crippen molar-refractivity contribution in [2.75, 3.05) is 0 Å². The molecule has 0 aromatic heterocycles. The van der Waals surface area contributed by atoms with Crippen molar-refractivity contribution in [3.63, 3.8) is 0 Å². The van der Waals surface area contributed by atoms with Gasteiger partial charge >= 0.3 is 79.9 Å². The molecule has 0 spiro atoms. The molecule has 0 amide bonds. The van der Waals surface area contributed by atoms with E-state index in [2.05, 4.69) is 0 Å². The maximum absolute atomic E-state index is 9.98. The van der Waals surface area contributed by atoms with Crippen LogP contribution in [0.3, 0.4) is 0 Å². The maximum Gasteiger partial charge on any atom is 2.00 e. The first kappa shape index (κ1) is 43.4. The first-order valence-electron chi connectivity index (χ1n) is 7.94. The van der Waals surface area contributed by atoms with Gasteiger partial charge in [-0.25, -0.2) is 0 Å². The minimum absolute atomic E-state index is 0. The molecule has 164 valence electrons.